The van der Waals surface area contributed by atoms with Crippen molar-refractivity contribution in [2.24, 2.45) is 11.7 Å². The smallest absolute Gasteiger partial charge is 0.224 e. The molecule has 1 fully saturated rings. The fourth-order valence-corrected chi connectivity index (χ4v) is 4.07. The molecular weight excluding hydrogens is 376 g/mol. The topological polar surface area (TPSA) is 81.2 Å². The molecule has 3 aromatic rings. The lowest BCUT2D eigenvalue weighted by atomic mass is 9.97. The average Bonchev–Trinajstić information content (AvgIpc) is 3.22. The molecule has 0 bridgehead atoms. The predicted octanol–water partition coefficient (Wildman–Crippen LogP) is 3.33. The molecule has 1 aliphatic rings. The van der Waals surface area contributed by atoms with Crippen molar-refractivity contribution in [3.05, 3.63) is 67.0 Å². The third-order valence-corrected chi connectivity index (χ3v) is 5.68. The highest BCUT2D eigenvalue weighted by atomic mass is 16.2. The molecule has 2 heterocycles. The van der Waals surface area contributed by atoms with Crippen molar-refractivity contribution in [1.29, 1.82) is 0 Å². The number of amides is 2. The van der Waals surface area contributed by atoms with E-state index in [1.54, 1.807) is 11.2 Å². The van der Waals surface area contributed by atoms with Crippen LogP contribution in [0.25, 0.3) is 22.5 Å². The van der Waals surface area contributed by atoms with Crippen molar-refractivity contribution in [3.8, 4) is 22.5 Å². The Balaban J connectivity index is 1.55. The van der Waals surface area contributed by atoms with E-state index in [2.05, 4.69) is 17.1 Å². The Hall–Kier alpha value is -3.41. The predicted molar refractivity (Wildman–Crippen MR) is 116 cm³/mol. The Kier molecular flexibility index (Phi) is 5.93. The van der Waals surface area contributed by atoms with Crippen LogP contribution in [0.5, 0.6) is 0 Å². The molecule has 30 heavy (non-hydrogen) atoms. The Morgan fingerprint density at radius 3 is 2.33 bits per heavy atom. The van der Waals surface area contributed by atoms with E-state index in [0.717, 1.165) is 35.4 Å². The molecule has 0 aliphatic carbocycles. The fraction of sp³-hybridized carbons (Fsp3) is 0.292. The first-order chi connectivity index (χ1) is 14.6. The maximum atomic E-state index is 12.8. The zero-order valence-corrected chi connectivity index (χ0v) is 16.9. The molecule has 0 saturated carbocycles. The quantitative estimate of drug-likeness (QED) is 0.687. The number of carbonyl (C=O) groups is 2. The minimum absolute atomic E-state index is 0.0509. The maximum Gasteiger partial charge on any atom is 0.224 e. The molecule has 6 heteroatoms. The van der Waals surface area contributed by atoms with Crippen LogP contribution in [0.15, 0.2) is 67.0 Å². The summed E-state index contributed by atoms with van der Waals surface area (Å²) in [6, 6.07) is 20.2. The van der Waals surface area contributed by atoms with Crippen molar-refractivity contribution in [2.75, 3.05) is 13.1 Å². The molecule has 1 atom stereocenters. The molecule has 1 saturated heterocycles. The van der Waals surface area contributed by atoms with Gasteiger partial charge < -0.3 is 15.2 Å². The highest BCUT2D eigenvalue weighted by Gasteiger charge is 2.27. The molecule has 0 radical (unpaired) electrons. The van der Waals surface area contributed by atoms with Gasteiger partial charge in [-0.05, 0) is 12.8 Å². The van der Waals surface area contributed by atoms with Crippen LogP contribution in [-0.4, -0.2) is 39.4 Å². The van der Waals surface area contributed by atoms with E-state index in [9.17, 15) is 9.59 Å². The van der Waals surface area contributed by atoms with E-state index in [-0.39, 0.29) is 17.7 Å². The van der Waals surface area contributed by atoms with Crippen LogP contribution in [-0.2, 0) is 16.1 Å². The summed E-state index contributed by atoms with van der Waals surface area (Å²) in [5, 5.41) is 0. The number of primary amides is 1. The molecule has 4 rings (SSSR count). The lowest BCUT2D eigenvalue weighted by Crippen LogP contribution is -2.44. The van der Waals surface area contributed by atoms with Crippen LogP contribution in [0.1, 0.15) is 19.3 Å². The number of likely N-dealkylation sites (tertiary alicyclic amines) is 1. The second kappa shape index (κ2) is 8.95. The minimum Gasteiger partial charge on any atom is -0.369 e. The summed E-state index contributed by atoms with van der Waals surface area (Å²) in [5.41, 5.74) is 9.46. The number of hydrogen-bond donors (Lipinski definition) is 1. The number of hydrogen-bond acceptors (Lipinski definition) is 3. The summed E-state index contributed by atoms with van der Waals surface area (Å²) in [4.78, 5) is 30.8. The summed E-state index contributed by atoms with van der Waals surface area (Å²) >= 11 is 0. The summed E-state index contributed by atoms with van der Waals surface area (Å²) < 4.78 is 2.05. The zero-order chi connectivity index (χ0) is 20.9. The van der Waals surface area contributed by atoms with Crippen LogP contribution in [0.3, 0.4) is 0 Å². The fourth-order valence-electron chi connectivity index (χ4n) is 4.07. The first-order valence-corrected chi connectivity index (χ1v) is 10.4. The normalized spacial score (nSPS) is 16.4. The van der Waals surface area contributed by atoms with Gasteiger partial charge in [-0.2, -0.15) is 0 Å². The van der Waals surface area contributed by atoms with Crippen LogP contribution >= 0.6 is 0 Å². The average molecular weight is 402 g/mol. The van der Waals surface area contributed by atoms with Crippen molar-refractivity contribution in [3.63, 3.8) is 0 Å². The van der Waals surface area contributed by atoms with Crippen molar-refractivity contribution in [2.45, 2.75) is 25.8 Å². The Bertz CT molecular complexity index is 1010. The summed E-state index contributed by atoms with van der Waals surface area (Å²) in [6.45, 7) is 1.65. The van der Waals surface area contributed by atoms with Gasteiger partial charge in [-0.25, -0.2) is 4.98 Å². The Morgan fingerprint density at radius 1 is 1.00 bits per heavy atom. The molecule has 0 spiro atoms. The highest BCUT2D eigenvalue weighted by Crippen LogP contribution is 2.31. The number of rotatable bonds is 6. The lowest BCUT2D eigenvalue weighted by molar-refractivity contribution is -0.135. The van der Waals surface area contributed by atoms with Gasteiger partial charge >= 0.3 is 0 Å². The monoisotopic (exact) mass is 402 g/mol. The molecule has 2 N–H and O–H groups in total. The maximum absolute atomic E-state index is 12.8. The number of aryl methyl sites for hydroxylation is 1. The number of nitrogens with two attached hydrogens (primary N) is 1. The van der Waals surface area contributed by atoms with Gasteiger partial charge in [0.25, 0.3) is 0 Å². The Labute approximate surface area is 176 Å². The first-order valence-electron chi connectivity index (χ1n) is 10.4. The van der Waals surface area contributed by atoms with E-state index in [1.165, 1.54) is 0 Å². The third-order valence-electron chi connectivity index (χ3n) is 5.68. The molecule has 1 unspecified atom stereocenters. The van der Waals surface area contributed by atoms with Gasteiger partial charge in [-0.15, -0.1) is 0 Å². The van der Waals surface area contributed by atoms with Gasteiger partial charge in [0.1, 0.15) is 0 Å². The second-order valence-electron chi connectivity index (χ2n) is 7.70. The zero-order valence-electron chi connectivity index (χ0n) is 16.9. The van der Waals surface area contributed by atoms with E-state index in [4.69, 9.17) is 5.73 Å². The summed E-state index contributed by atoms with van der Waals surface area (Å²) in [7, 11) is 0. The molecule has 2 amide bonds. The number of piperidine rings is 1. The van der Waals surface area contributed by atoms with E-state index in [0.29, 0.717) is 26.1 Å². The minimum atomic E-state index is -0.319. The van der Waals surface area contributed by atoms with Crippen LogP contribution < -0.4 is 5.73 Å². The summed E-state index contributed by atoms with van der Waals surface area (Å²) in [5.74, 6) is -0.503. The second-order valence-corrected chi connectivity index (χ2v) is 7.70. The molecule has 2 aromatic carbocycles. The Morgan fingerprint density at radius 2 is 1.67 bits per heavy atom. The van der Waals surface area contributed by atoms with E-state index >= 15 is 0 Å². The van der Waals surface area contributed by atoms with Gasteiger partial charge in [0.15, 0.2) is 0 Å². The van der Waals surface area contributed by atoms with Gasteiger partial charge in [0.2, 0.25) is 11.8 Å². The van der Waals surface area contributed by atoms with Crippen molar-refractivity contribution < 1.29 is 9.59 Å². The third kappa shape index (κ3) is 4.27. The molecule has 1 aliphatic heterocycles. The van der Waals surface area contributed by atoms with E-state index in [1.807, 2.05) is 53.1 Å². The number of aromatic nitrogens is 2. The van der Waals surface area contributed by atoms with Crippen molar-refractivity contribution in [1.82, 2.24) is 14.5 Å². The molecule has 6 nitrogen and oxygen atoms in total. The summed E-state index contributed by atoms with van der Waals surface area (Å²) in [6.07, 6.45) is 3.74. The largest absolute Gasteiger partial charge is 0.369 e. The van der Waals surface area contributed by atoms with Crippen molar-refractivity contribution >= 4 is 11.8 Å². The van der Waals surface area contributed by atoms with Gasteiger partial charge in [0.05, 0.1) is 23.6 Å². The number of imidazole rings is 1. The van der Waals surface area contributed by atoms with Crippen LogP contribution in [0.2, 0.25) is 0 Å². The highest BCUT2D eigenvalue weighted by molar-refractivity contribution is 5.81. The van der Waals surface area contributed by atoms with Gasteiger partial charge in [-0.1, -0.05) is 60.7 Å². The molecule has 154 valence electrons. The molecule has 1 aromatic heterocycles. The lowest BCUT2D eigenvalue weighted by Gasteiger charge is -2.31. The van der Waals surface area contributed by atoms with E-state index < -0.39 is 0 Å². The number of benzene rings is 2. The van der Waals surface area contributed by atoms with Gasteiger partial charge in [-0.3, -0.25) is 9.59 Å². The SMILES string of the molecule is NC(=O)C1CCCN(C(=O)CCn2cnc(-c3ccccc3)c2-c2ccccc2)C1. The van der Waals surface area contributed by atoms with Gasteiger partial charge in [0, 0.05) is 37.2 Å². The van der Waals surface area contributed by atoms with Crippen LogP contribution in [0, 0.1) is 5.92 Å². The standard InChI is InChI=1S/C24H26N4O2/c25-24(30)20-12-7-14-27(16-20)21(29)13-15-28-17-26-22(18-8-3-1-4-9-18)23(28)19-10-5-2-6-11-19/h1-6,8-11,17,20H,7,12-16H2,(H2,25,30). The van der Waals surface area contributed by atoms with Crippen LogP contribution in [0.4, 0.5) is 0 Å². The number of nitrogens with zero attached hydrogens (tertiary/aromatic N) is 3. The number of carbonyl (C=O) groups excluding carboxylic acids is 2. The molecular formula is C24H26N4O2. The first kappa shape index (κ1) is 19.9.